The Morgan fingerprint density at radius 2 is 1.59 bits per heavy atom. The molecule has 0 aliphatic carbocycles. The number of thioether (sulfide) groups is 1. The summed E-state index contributed by atoms with van der Waals surface area (Å²) in [7, 11) is 0. The summed E-state index contributed by atoms with van der Waals surface area (Å²) >= 11 is 2.39. The summed E-state index contributed by atoms with van der Waals surface area (Å²) in [5.41, 5.74) is 7.99. The number of aliphatic carboxylic acids is 1. The van der Waals surface area contributed by atoms with Gasteiger partial charge >= 0.3 is 5.97 Å². The fourth-order valence-corrected chi connectivity index (χ4v) is 8.93. The molecule has 2 fully saturated rings. The molecule has 56 heavy (non-hydrogen) atoms. The van der Waals surface area contributed by atoms with E-state index >= 15 is 0 Å². The molecule has 0 spiro atoms. The highest BCUT2D eigenvalue weighted by Crippen LogP contribution is 2.43. The fraction of sp³-hybridized carbons (Fsp3) is 0.146. The number of thiazole rings is 1. The molecule has 8 rings (SSSR count). The average molecular weight is 784 g/mol. The van der Waals surface area contributed by atoms with Crippen molar-refractivity contribution >= 4 is 63.3 Å². The number of rotatable bonds is 11. The third-order valence-electron chi connectivity index (χ3n) is 9.71. The number of oxime groups is 1. The molecule has 0 radical (unpaired) electrons. The zero-order valence-corrected chi connectivity index (χ0v) is 31.2. The number of nitrogens with one attached hydrogen (secondary N) is 1. The number of pyridine rings is 1. The van der Waals surface area contributed by atoms with E-state index in [4.69, 9.17) is 10.6 Å². The number of nitrogens with two attached hydrogens (primary N) is 1. The van der Waals surface area contributed by atoms with E-state index < -0.39 is 34.8 Å². The largest absolute Gasteiger partial charge is 0.477 e. The van der Waals surface area contributed by atoms with E-state index in [1.807, 2.05) is 91.0 Å². The van der Waals surface area contributed by atoms with Gasteiger partial charge in [-0.05, 0) is 30.2 Å². The lowest BCUT2D eigenvalue weighted by Crippen LogP contribution is -2.71. The second kappa shape index (κ2) is 15.3. The van der Waals surface area contributed by atoms with E-state index in [2.05, 4.69) is 20.4 Å². The van der Waals surface area contributed by atoms with Gasteiger partial charge in [0.2, 0.25) is 5.60 Å². The summed E-state index contributed by atoms with van der Waals surface area (Å²) in [5, 5.41) is 18.6. The molecule has 3 aromatic carbocycles. The number of carboxylic acids is 1. The smallest absolute Gasteiger partial charge is 0.352 e. The summed E-state index contributed by atoms with van der Waals surface area (Å²) in [5.74, 6) is -2.77. The van der Waals surface area contributed by atoms with E-state index in [-0.39, 0.29) is 33.9 Å². The lowest BCUT2D eigenvalue weighted by atomic mass is 9.80. The minimum absolute atomic E-state index is 0.134. The number of fused-ring (bicyclic) bond motifs is 1. The molecule has 5 heterocycles. The fourth-order valence-electron chi connectivity index (χ4n) is 7.07. The third-order valence-corrected chi connectivity index (χ3v) is 11.7. The van der Waals surface area contributed by atoms with E-state index in [0.29, 0.717) is 29.8 Å². The molecule has 4 N–H and O–H groups in total. The molecule has 3 amide bonds. The minimum atomic E-state index is -1.32. The van der Waals surface area contributed by atoms with Gasteiger partial charge in [0.25, 0.3) is 17.7 Å². The molecule has 3 aliphatic heterocycles. The van der Waals surface area contributed by atoms with Gasteiger partial charge in [0, 0.05) is 46.1 Å². The first kappa shape index (κ1) is 36.4. The van der Waals surface area contributed by atoms with Crippen LogP contribution in [0.2, 0.25) is 0 Å². The number of β-lactam (4-membered cyclic amide) rings is 1. The summed E-state index contributed by atoms with van der Waals surface area (Å²) in [6.45, 7) is 0.417. The second-order valence-electron chi connectivity index (χ2n) is 13.0. The van der Waals surface area contributed by atoms with Crippen molar-refractivity contribution < 1.29 is 29.1 Å². The second-order valence-corrected chi connectivity index (χ2v) is 15.0. The summed E-state index contributed by atoms with van der Waals surface area (Å²) in [6, 6.07) is 30.9. The molecule has 5 aromatic rings. The van der Waals surface area contributed by atoms with Crippen LogP contribution in [0, 0.1) is 0 Å². The van der Waals surface area contributed by atoms with Gasteiger partial charge < -0.3 is 25.9 Å². The molecule has 280 valence electrons. The summed E-state index contributed by atoms with van der Waals surface area (Å²) in [4.78, 5) is 71.7. The van der Waals surface area contributed by atoms with Gasteiger partial charge in [-0.15, -0.1) is 23.1 Å². The number of benzene rings is 3. The molecule has 0 saturated carbocycles. The molecule has 2 saturated heterocycles. The van der Waals surface area contributed by atoms with Gasteiger partial charge in [0.1, 0.15) is 22.8 Å². The van der Waals surface area contributed by atoms with Crippen molar-refractivity contribution in [3.8, 4) is 0 Å². The van der Waals surface area contributed by atoms with Crippen LogP contribution < -0.4 is 16.0 Å². The highest BCUT2D eigenvalue weighted by atomic mass is 32.2. The van der Waals surface area contributed by atoms with Gasteiger partial charge in [-0.2, -0.15) is 0 Å². The average Bonchev–Trinajstić information content (AvgIpc) is 3.83. The Morgan fingerprint density at radius 1 is 0.946 bits per heavy atom. The van der Waals surface area contributed by atoms with Crippen molar-refractivity contribution in [2.45, 2.75) is 23.4 Å². The van der Waals surface area contributed by atoms with Crippen molar-refractivity contribution in [2.24, 2.45) is 5.16 Å². The molecule has 3 aliphatic rings. The Hall–Kier alpha value is -6.58. The first-order valence-corrected chi connectivity index (χ1v) is 19.5. The number of carboxylic acid groups (broad SMARTS) is 1. The molecule has 2 atom stereocenters. The number of hydrogen-bond acceptors (Lipinski definition) is 11. The van der Waals surface area contributed by atoms with Crippen LogP contribution in [0.1, 0.15) is 28.8 Å². The summed E-state index contributed by atoms with van der Waals surface area (Å²) in [6.07, 6.45) is 5.17. The predicted octanol–water partition coefficient (Wildman–Crippen LogP) is 4.94. The van der Waals surface area contributed by atoms with E-state index in [0.717, 1.165) is 32.9 Å². The van der Waals surface area contributed by atoms with Crippen LogP contribution in [-0.4, -0.2) is 73.1 Å². The first-order valence-electron chi connectivity index (χ1n) is 17.5. The zero-order chi connectivity index (χ0) is 38.8. The van der Waals surface area contributed by atoms with Crippen LogP contribution in [0.25, 0.3) is 0 Å². The van der Waals surface area contributed by atoms with Crippen LogP contribution in [0.4, 0.5) is 10.8 Å². The Kier molecular flexibility index (Phi) is 9.93. The van der Waals surface area contributed by atoms with Gasteiger partial charge in [0.05, 0.1) is 11.9 Å². The maximum Gasteiger partial charge on any atom is 0.352 e. The Labute approximate surface area is 329 Å². The van der Waals surface area contributed by atoms with E-state index in [1.165, 1.54) is 11.8 Å². The van der Waals surface area contributed by atoms with Gasteiger partial charge in [0.15, 0.2) is 10.8 Å². The highest BCUT2D eigenvalue weighted by molar-refractivity contribution is 8.00. The zero-order valence-electron chi connectivity index (χ0n) is 29.5. The highest BCUT2D eigenvalue weighted by Gasteiger charge is 2.54. The third kappa shape index (κ3) is 6.60. The number of anilines is 2. The van der Waals surface area contributed by atoms with Crippen molar-refractivity contribution in [1.29, 1.82) is 0 Å². The van der Waals surface area contributed by atoms with Crippen LogP contribution in [-0.2, 0) is 29.6 Å². The molecule has 15 heteroatoms. The van der Waals surface area contributed by atoms with Crippen LogP contribution in [0.5, 0.6) is 0 Å². The normalized spacial score (nSPS) is 19.1. The van der Waals surface area contributed by atoms with Gasteiger partial charge in [-0.1, -0.05) is 96.2 Å². The number of carbonyl (C=O) groups excluding carboxylic acids is 3. The Bertz CT molecular complexity index is 2310. The predicted molar refractivity (Wildman–Crippen MR) is 212 cm³/mol. The maximum atomic E-state index is 14.2. The number of aromatic nitrogens is 2. The van der Waals surface area contributed by atoms with Gasteiger partial charge in [-0.25, -0.2) is 9.78 Å². The Balaban J connectivity index is 1.10. The summed E-state index contributed by atoms with van der Waals surface area (Å²) < 4.78 is 0. The number of nitrogens with zero attached hydrogens (tertiary/aromatic N) is 5. The number of hydrogen-bond donors (Lipinski definition) is 3. The number of amides is 3. The van der Waals surface area contributed by atoms with E-state index in [1.54, 1.807) is 40.9 Å². The van der Waals surface area contributed by atoms with E-state index in [9.17, 15) is 24.3 Å². The molecule has 0 unspecified atom stereocenters. The van der Waals surface area contributed by atoms with Crippen molar-refractivity contribution in [2.75, 3.05) is 22.9 Å². The monoisotopic (exact) mass is 783 g/mol. The molecule has 0 bridgehead atoms. The maximum absolute atomic E-state index is 14.2. The standard InChI is InChI=1S/C41H33N7O6S2/c42-40-44-31(24-56-40)32(46-54-41(27-11-4-1-5-12-27,28-13-6-2-7-14-28)29-15-8-3-9-16-29)35(49)45-33-37(51)48-34(39(52)53)26(23-55-38(33)48)21-25-18-20-47(36(25)50)30-17-10-19-43-22-30/h1-17,19,21-22,24,33,38H,18,20,23H2,(H2,42,44)(H,45,49)(H,52,53)/b25-21+,46-32-/t33-,38-/m1/s1. The lowest BCUT2D eigenvalue weighted by molar-refractivity contribution is -0.150. The van der Waals surface area contributed by atoms with Crippen molar-refractivity contribution in [3.63, 3.8) is 0 Å². The minimum Gasteiger partial charge on any atom is -0.477 e. The molecule has 13 nitrogen and oxygen atoms in total. The topological polar surface area (TPSA) is 180 Å². The number of allylic oxidation sites excluding steroid dienone is 1. The molecular weight excluding hydrogens is 751 g/mol. The molecule has 2 aromatic heterocycles. The van der Waals surface area contributed by atoms with Gasteiger partial charge in [-0.3, -0.25) is 24.3 Å². The molecular formula is C41H33N7O6S2. The number of nitrogen functional groups attached to an aromatic ring is 1. The SMILES string of the molecule is Nc1nc(/C(=N/OC(c2ccccc2)(c2ccccc2)c2ccccc2)C(=O)N[C@@H]2C(=O)N3C(C(=O)O)=C(/C=C4\CCN(c5cccnc5)C4=O)CS[C@H]23)cs1. The Morgan fingerprint density at radius 3 is 2.14 bits per heavy atom. The number of carbonyl (C=O) groups is 4. The van der Waals surface area contributed by atoms with Crippen LogP contribution in [0.15, 0.2) is 149 Å². The van der Waals surface area contributed by atoms with Crippen molar-refractivity contribution in [1.82, 2.24) is 20.2 Å². The first-order chi connectivity index (χ1) is 27.3. The lowest BCUT2D eigenvalue weighted by Gasteiger charge is -2.49. The van der Waals surface area contributed by atoms with Crippen molar-refractivity contribution in [3.05, 3.63) is 166 Å². The van der Waals surface area contributed by atoms with Crippen LogP contribution >= 0.6 is 23.1 Å². The quantitative estimate of drug-likeness (QED) is 0.0547. The van der Waals surface area contributed by atoms with Crippen LogP contribution in [0.3, 0.4) is 0 Å².